The fourth-order valence-electron chi connectivity index (χ4n) is 4.06. The molecule has 0 aliphatic heterocycles. The molecule has 0 atom stereocenters. The van der Waals surface area contributed by atoms with Crippen molar-refractivity contribution in [3.05, 3.63) is 89.4 Å². The summed E-state index contributed by atoms with van der Waals surface area (Å²) < 4.78 is 30.9. The second-order valence-corrected chi connectivity index (χ2v) is 7.58. The first kappa shape index (κ1) is 19.9. The maximum absolute atomic E-state index is 13.6. The number of aromatic nitrogens is 7. The number of fused-ring (bicyclic) bond motifs is 1. The van der Waals surface area contributed by atoms with Crippen LogP contribution in [0, 0.1) is 25.5 Å². The summed E-state index contributed by atoms with van der Waals surface area (Å²) in [6.07, 6.45) is 2.33. The molecule has 0 saturated carbocycles. The number of benzene rings is 1. The molecule has 0 amide bonds. The minimum atomic E-state index is -0.526. The largest absolute Gasteiger partial charge is 0.313 e. The van der Waals surface area contributed by atoms with E-state index >= 15 is 0 Å². The van der Waals surface area contributed by atoms with Gasteiger partial charge in [-0.2, -0.15) is 0 Å². The molecule has 0 aliphatic carbocycles. The molecule has 0 unspecified atom stereocenters. The summed E-state index contributed by atoms with van der Waals surface area (Å²) in [4.78, 5) is 13.3. The summed E-state index contributed by atoms with van der Waals surface area (Å²) >= 11 is 0. The van der Waals surface area contributed by atoms with Crippen LogP contribution in [0.1, 0.15) is 28.9 Å². The highest BCUT2D eigenvalue weighted by Crippen LogP contribution is 2.32. The van der Waals surface area contributed by atoms with E-state index in [1.54, 1.807) is 16.8 Å². The lowest BCUT2D eigenvalue weighted by Crippen LogP contribution is -2.17. The Balaban J connectivity index is 1.76. The summed E-state index contributed by atoms with van der Waals surface area (Å²) in [5.41, 5.74) is 5.39. The summed E-state index contributed by atoms with van der Waals surface area (Å²) in [7, 11) is 1.84. The van der Waals surface area contributed by atoms with Gasteiger partial charge >= 0.3 is 0 Å². The van der Waals surface area contributed by atoms with Crippen LogP contribution in [-0.2, 0) is 7.05 Å². The third-order valence-electron chi connectivity index (χ3n) is 5.45. The molecule has 0 aliphatic rings. The van der Waals surface area contributed by atoms with Gasteiger partial charge < -0.3 is 4.57 Å². The van der Waals surface area contributed by atoms with E-state index < -0.39 is 17.7 Å². The monoisotopic (exact) mass is 431 g/mol. The summed E-state index contributed by atoms with van der Waals surface area (Å²) in [6.45, 7) is 3.79. The highest BCUT2D eigenvalue weighted by molar-refractivity contribution is 5.82. The molecular weight excluding hydrogens is 412 g/mol. The van der Waals surface area contributed by atoms with Gasteiger partial charge in [0.2, 0.25) is 0 Å². The van der Waals surface area contributed by atoms with Gasteiger partial charge in [-0.1, -0.05) is 11.3 Å². The molecule has 7 nitrogen and oxygen atoms in total. The lowest BCUT2D eigenvalue weighted by atomic mass is 10.1. The molecule has 4 aromatic heterocycles. The normalized spacial score (nSPS) is 11.6. The zero-order valence-electron chi connectivity index (χ0n) is 17.7. The first-order valence-corrected chi connectivity index (χ1v) is 10.0. The number of imidazole rings is 1. The van der Waals surface area contributed by atoms with Crippen LogP contribution in [0.4, 0.5) is 8.78 Å². The summed E-state index contributed by atoms with van der Waals surface area (Å²) in [5.74, 6) is -0.152. The smallest absolute Gasteiger partial charge is 0.141 e. The Hall–Kier alpha value is -4.01. The van der Waals surface area contributed by atoms with Crippen LogP contribution >= 0.6 is 0 Å². The summed E-state index contributed by atoms with van der Waals surface area (Å²) in [5, 5.41) is 8.25. The zero-order chi connectivity index (χ0) is 22.4. The number of rotatable bonds is 4. The predicted octanol–water partition coefficient (Wildman–Crippen LogP) is 4.15. The van der Waals surface area contributed by atoms with Crippen molar-refractivity contribution in [1.29, 1.82) is 0 Å². The van der Waals surface area contributed by atoms with E-state index in [4.69, 9.17) is 4.98 Å². The first-order chi connectivity index (χ1) is 15.4. The van der Waals surface area contributed by atoms with E-state index in [0.717, 1.165) is 46.2 Å². The fourth-order valence-corrected chi connectivity index (χ4v) is 4.06. The molecule has 4 heterocycles. The quantitative estimate of drug-likeness (QED) is 0.427. The Bertz CT molecular complexity index is 1350. The molecule has 0 radical (unpaired) electrons. The van der Waals surface area contributed by atoms with Crippen molar-refractivity contribution >= 4 is 11.0 Å². The van der Waals surface area contributed by atoms with Crippen LogP contribution in [0.5, 0.6) is 0 Å². The minimum absolute atomic E-state index is 0.437. The first-order valence-electron chi connectivity index (χ1n) is 10.0. The van der Waals surface area contributed by atoms with Crippen LogP contribution in [-0.4, -0.2) is 34.5 Å². The van der Waals surface area contributed by atoms with Gasteiger partial charge in [0.15, 0.2) is 0 Å². The van der Waals surface area contributed by atoms with Crippen LogP contribution < -0.4 is 0 Å². The average molecular weight is 431 g/mol. The van der Waals surface area contributed by atoms with Gasteiger partial charge in [0.05, 0.1) is 46.2 Å². The lowest BCUT2D eigenvalue weighted by Gasteiger charge is -2.20. The van der Waals surface area contributed by atoms with E-state index in [1.807, 2.05) is 43.7 Å². The Morgan fingerprint density at radius 3 is 2.06 bits per heavy atom. The molecular formula is C23H19F2N7. The Kier molecular flexibility index (Phi) is 4.73. The zero-order valence-corrected chi connectivity index (χ0v) is 17.7. The van der Waals surface area contributed by atoms with Crippen molar-refractivity contribution in [2.45, 2.75) is 19.9 Å². The highest BCUT2D eigenvalue weighted by Gasteiger charge is 2.24. The van der Waals surface area contributed by atoms with Crippen molar-refractivity contribution in [2.75, 3.05) is 0 Å². The predicted molar refractivity (Wildman–Crippen MR) is 115 cm³/mol. The van der Waals surface area contributed by atoms with E-state index in [2.05, 4.69) is 20.3 Å². The van der Waals surface area contributed by atoms with E-state index in [1.165, 1.54) is 12.1 Å². The molecule has 160 valence electrons. The minimum Gasteiger partial charge on any atom is -0.313 e. The maximum atomic E-state index is 13.6. The SMILES string of the molecule is Cc1nnn(C)c1-c1ccc2nc(C)n(C(c3ccc(F)cn3)c3ccc(F)cn3)c2c1. The molecule has 5 rings (SSSR count). The standard InChI is InChI=1S/C23H19F2N7/c1-13-22(31(3)30-29-13)15-4-7-18-21(10-15)32(14(2)28-18)23(19-8-5-16(24)11-26-19)20-9-6-17(25)12-27-20/h4-12,23H,1-3H3. The topological polar surface area (TPSA) is 74.3 Å². The molecule has 0 saturated heterocycles. The number of aryl methyl sites for hydroxylation is 3. The van der Waals surface area contributed by atoms with Crippen molar-refractivity contribution in [2.24, 2.45) is 7.05 Å². The Morgan fingerprint density at radius 1 is 0.875 bits per heavy atom. The van der Waals surface area contributed by atoms with Crippen molar-refractivity contribution in [3.63, 3.8) is 0 Å². The van der Waals surface area contributed by atoms with Crippen molar-refractivity contribution in [3.8, 4) is 11.3 Å². The molecule has 1 aromatic carbocycles. The number of halogens is 2. The maximum Gasteiger partial charge on any atom is 0.141 e. The number of nitrogens with zero attached hydrogens (tertiary/aromatic N) is 7. The van der Waals surface area contributed by atoms with Crippen molar-refractivity contribution < 1.29 is 8.78 Å². The second-order valence-electron chi connectivity index (χ2n) is 7.58. The van der Waals surface area contributed by atoms with Crippen LogP contribution in [0.15, 0.2) is 54.9 Å². The van der Waals surface area contributed by atoms with Gasteiger partial charge in [0, 0.05) is 12.6 Å². The summed E-state index contributed by atoms with van der Waals surface area (Å²) in [6, 6.07) is 11.3. The molecule has 5 aromatic rings. The third kappa shape index (κ3) is 3.31. The van der Waals surface area contributed by atoms with Crippen molar-refractivity contribution in [1.82, 2.24) is 34.5 Å². The molecule has 0 fully saturated rings. The molecule has 0 spiro atoms. The van der Waals surface area contributed by atoms with E-state index in [0.29, 0.717) is 11.4 Å². The van der Waals surface area contributed by atoms with E-state index in [-0.39, 0.29) is 0 Å². The number of pyridine rings is 2. The second kappa shape index (κ2) is 7.60. The van der Waals surface area contributed by atoms with Crippen LogP contribution in [0.25, 0.3) is 22.3 Å². The number of hydrogen-bond donors (Lipinski definition) is 0. The van der Waals surface area contributed by atoms with Gasteiger partial charge in [-0.25, -0.2) is 18.4 Å². The number of hydrogen-bond acceptors (Lipinski definition) is 5. The fraction of sp³-hybridized carbons (Fsp3) is 0.174. The third-order valence-corrected chi connectivity index (χ3v) is 5.45. The van der Waals surface area contributed by atoms with Gasteiger partial charge in [0.25, 0.3) is 0 Å². The molecule has 9 heteroatoms. The Labute approximate surface area is 182 Å². The molecule has 0 N–H and O–H groups in total. The van der Waals surface area contributed by atoms with Gasteiger partial charge in [0.1, 0.15) is 23.5 Å². The lowest BCUT2D eigenvalue weighted by molar-refractivity contribution is 0.594. The van der Waals surface area contributed by atoms with Crippen LogP contribution in [0.2, 0.25) is 0 Å². The van der Waals surface area contributed by atoms with Gasteiger partial charge in [-0.3, -0.25) is 9.97 Å². The highest BCUT2D eigenvalue weighted by atomic mass is 19.1. The van der Waals surface area contributed by atoms with Gasteiger partial charge in [-0.05, 0) is 50.2 Å². The van der Waals surface area contributed by atoms with Crippen LogP contribution in [0.3, 0.4) is 0 Å². The Morgan fingerprint density at radius 2 is 1.53 bits per heavy atom. The van der Waals surface area contributed by atoms with E-state index in [9.17, 15) is 8.78 Å². The molecule has 32 heavy (non-hydrogen) atoms. The average Bonchev–Trinajstić information content (AvgIpc) is 3.28. The van der Waals surface area contributed by atoms with Gasteiger partial charge in [-0.15, -0.1) is 5.10 Å². The molecule has 0 bridgehead atoms.